The Hall–Kier alpha value is -1.53. The standard InChI is InChI=1S/C11H14N2O/c1-9-7-10(8-12)3-4-11(9)14-6-5-13-2/h3-4,7,13H,5-6H2,1-2H3. The highest BCUT2D eigenvalue weighted by Gasteiger charge is 1.99. The van der Waals surface area contributed by atoms with E-state index in [4.69, 9.17) is 10.00 Å². The minimum atomic E-state index is 0.642. The van der Waals surface area contributed by atoms with Crippen molar-refractivity contribution in [1.82, 2.24) is 5.32 Å². The zero-order chi connectivity index (χ0) is 10.4. The third-order valence-corrected chi connectivity index (χ3v) is 1.91. The summed E-state index contributed by atoms with van der Waals surface area (Å²) in [5, 5.41) is 11.7. The van der Waals surface area contributed by atoms with Gasteiger partial charge in [-0.25, -0.2) is 0 Å². The summed E-state index contributed by atoms with van der Waals surface area (Å²) in [6, 6.07) is 7.52. The summed E-state index contributed by atoms with van der Waals surface area (Å²) in [7, 11) is 1.88. The van der Waals surface area contributed by atoms with Crippen LogP contribution in [0.1, 0.15) is 11.1 Å². The predicted molar refractivity (Wildman–Crippen MR) is 55.3 cm³/mol. The highest BCUT2D eigenvalue weighted by molar-refractivity contribution is 5.41. The van der Waals surface area contributed by atoms with Gasteiger partial charge in [-0.05, 0) is 37.7 Å². The van der Waals surface area contributed by atoms with Crippen molar-refractivity contribution < 1.29 is 4.74 Å². The summed E-state index contributed by atoms with van der Waals surface area (Å²) in [6.07, 6.45) is 0. The number of hydrogen-bond donors (Lipinski definition) is 1. The van der Waals surface area contributed by atoms with Gasteiger partial charge in [0.2, 0.25) is 0 Å². The van der Waals surface area contributed by atoms with Crippen LogP contribution in [0.15, 0.2) is 18.2 Å². The normalized spacial score (nSPS) is 9.50. The van der Waals surface area contributed by atoms with Crippen molar-refractivity contribution in [2.75, 3.05) is 20.2 Å². The second-order valence-electron chi connectivity index (χ2n) is 3.04. The monoisotopic (exact) mass is 190 g/mol. The molecule has 0 bridgehead atoms. The van der Waals surface area contributed by atoms with Crippen molar-refractivity contribution in [2.45, 2.75) is 6.92 Å². The van der Waals surface area contributed by atoms with Crippen molar-refractivity contribution >= 4 is 0 Å². The molecule has 0 heterocycles. The van der Waals surface area contributed by atoms with Gasteiger partial charge in [0.25, 0.3) is 0 Å². The third kappa shape index (κ3) is 2.75. The molecule has 0 saturated carbocycles. The summed E-state index contributed by atoms with van der Waals surface area (Å²) in [6.45, 7) is 3.40. The highest BCUT2D eigenvalue weighted by atomic mass is 16.5. The molecule has 14 heavy (non-hydrogen) atoms. The minimum Gasteiger partial charge on any atom is -0.492 e. The number of nitrogens with zero attached hydrogens (tertiary/aromatic N) is 1. The van der Waals surface area contributed by atoms with E-state index in [1.54, 1.807) is 6.07 Å². The Morgan fingerprint density at radius 2 is 2.29 bits per heavy atom. The van der Waals surface area contributed by atoms with E-state index >= 15 is 0 Å². The largest absolute Gasteiger partial charge is 0.492 e. The van der Waals surface area contributed by atoms with Crippen LogP contribution < -0.4 is 10.1 Å². The van der Waals surface area contributed by atoms with E-state index in [0.29, 0.717) is 12.2 Å². The first-order valence-electron chi connectivity index (χ1n) is 4.56. The fourth-order valence-electron chi connectivity index (χ4n) is 1.14. The van der Waals surface area contributed by atoms with Gasteiger partial charge >= 0.3 is 0 Å². The molecular formula is C11H14N2O. The van der Waals surface area contributed by atoms with E-state index in [9.17, 15) is 0 Å². The van der Waals surface area contributed by atoms with Crippen LogP contribution in [-0.4, -0.2) is 20.2 Å². The Balaban J connectivity index is 2.65. The van der Waals surface area contributed by atoms with Crippen LogP contribution in [0, 0.1) is 18.3 Å². The molecule has 1 N–H and O–H groups in total. The number of rotatable bonds is 4. The lowest BCUT2D eigenvalue weighted by Gasteiger charge is -2.08. The highest BCUT2D eigenvalue weighted by Crippen LogP contribution is 2.18. The molecule has 0 aliphatic heterocycles. The van der Waals surface area contributed by atoms with E-state index < -0.39 is 0 Å². The molecule has 1 aromatic rings. The second-order valence-corrected chi connectivity index (χ2v) is 3.04. The van der Waals surface area contributed by atoms with Gasteiger partial charge in [-0.1, -0.05) is 0 Å². The number of nitriles is 1. The van der Waals surface area contributed by atoms with Gasteiger partial charge in [-0.15, -0.1) is 0 Å². The molecule has 0 aromatic heterocycles. The molecule has 0 aliphatic carbocycles. The van der Waals surface area contributed by atoms with Crippen LogP contribution >= 0.6 is 0 Å². The number of likely N-dealkylation sites (N-methyl/N-ethyl adjacent to an activating group) is 1. The molecule has 0 amide bonds. The predicted octanol–water partition coefficient (Wildman–Crippen LogP) is 1.46. The number of benzene rings is 1. The SMILES string of the molecule is CNCCOc1ccc(C#N)cc1C. The van der Waals surface area contributed by atoms with E-state index in [1.165, 1.54) is 0 Å². The van der Waals surface area contributed by atoms with Gasteiger partial charge in [-0.3, -0.25) is 0 Å². The minimum absolute atomic E-state index is 0.642. The molecule has 0 atom stereocenters. The summed E-state index contributed by atoms with van der Waals surface area (Å²) in [5.41, 5.74) is 1.67. The van der Waals surface area contributed by atoms with Crippen molar-refractivity contribution in [3.05, 3.63) is 29.3 Å². The molecule has 0 fully saturated rings. The summed E-state index contributed by atoms with van der Waals surface area (Å²) < 4.78 is 5.50. The van der Waals surface area contributed by atoms with Crippen molar-refractivity contribution in [3.63, 3.8) is 0 Å². The molecule has 3 heteroatoms. The Labute approximate surface area is 84.3 Å². The van der Waals surface area contributed by atoms with Crippen LogP contribution in [-0.2, 0) is 0 Å². The Kier molecular flexibility index (Phi) is 3.96. The number of aryl methyl sites for hydroxylation is 1. The quantitative estimate of drug-likeness (QED) is 0.731. The second kappa shape index (κ2) is 5.25. The third-order valence-electron chi connectivity index (χ3n) is 1.91. The molecule has 1 aromatic carbocycles. The van der Waals surface area contributed by atoms with Crippen LogP contribution in [0.2, 0.25) is 0 Å². The Bertz CT molecular complexity index is 342. The zero-order valence-electron chi connectivity index (χ0n) is 8.50. The fraction of sp³-hybridized carbons (Fsp3) is 0.364. The van der Waals surface area contributed by atoms with E-state index in [1.807, 2.05) is 26.1 Å². The van der Waals surface area contributed by atoms with Gasteiger partial charge < -0.3 is 10.1 Å². The summed E-state index contributed by atoms with van der Waals surface area (Å²) in [5.74, 6) is 0.847. The van der Waals surface area contributed by atoms with Gasteiger partial charge in [0.1, 0.15) is 12.4 Å². The molecular weight excluding hydrogens is 176 g/mol. The molecule has 0 unspecified atom stereocenters. The van der Waals surface area contributed by atoms with Gasteiger partial charge in [0, 0.05) is 6.54 Å². The number of nitrogens with one attached hydrogen (secondary N) is 1. The Morgan fingerprint density at radius 3 is 2.86 bits per heavy atom. The van der Waals surface area contributed by atoms with Gasteiger partial charge in [0.15, 0.2) is 0 Å². The van der Waals surface area contributed by atoms with Crippen molar-refractivity contribution in [3.8, 4) is 11.8 Å². The van der Waals surface area contributed by atoms with Crippen LogP contribution in [0.3, 0.4) is 0 Å². The van der Waals surface area contributed by atoms with Crippen LogP contribution in [0.4, 0.5) is 0 Å². The number of hydrogen-bond acceptors (Lipinski definition) is 3. The number of ether oxygens (including phenoxy) is 1. The maximum Gasteiger partial charge on any atom is 0.122 e. The lowest BCUT2D eigenvalue weighted by Crippen LogP contribution is -2.16. The average molecular weight is 190 g/mol. The van der Waals surface area contributed by atoms with Crippen molar-refractivity contribution in [2.24, 2.45) is 0 Å². The van der Waals surface area contributed by atoms with Gasteiger partial charge in [-0.2, -0.15) is 5.26 Å². The van der Waals surface area contributed by atoms with Gasteiger partial charge in [0.05, 0.1) is 11.6 Å². The summed E-state index contributed by atoms with van der Waals surface area (Å²) >= 11 is 0. The fourth-order valence-corrected chi connectivity index (χ4v) is 1.14. The Morgan fingerprint density at radius 1 is 1.50 bits per heavy atom. The lowest BCUT2D eigenvalue weighted by molar-refractivity contribution is 0.316. The van der Waals surface area contributed by atoms with E-state index in [2.05, 4.69) is 11.4 Å². The molecule has 1 rings (SSSR count). The van der Waals surface area contributed by atoms with Crippen LogP contribution in [0.25, 0.3) is 0 Å². The first kappa shape index (κ1) is 10.6. The maximum absolute atomic E-state index is 8.67. The smallest absolute Gasteiger partial charge is 0.122 e. The molecule has 0 spiro atoms. The van der Waals surface area contributed by atoms with Crippen LogP contribution in [0.5, 0.6) is 5.75 Å². The molecule has 0 aliphatic rings. The molecule has 74 valence electrons. The maximum atomic E-state index is 8.67. The topological polar surface area (TPSA) is 45.0 Å². The first-order chi connectivity index (χ1) is 6.77. The van der Waals surface area contributed by atoms with E-state index in [-0.39, 0.29) is 0 Å². The molecule has 0 saturated heterocycles. The average Bonchev–Trinajstić information content (AvgIpc) is 2.20. The molecule has 0 radical (unpaired) electrons. The first-order valence-corrected chi connectivity index (χ1v) is 4.56. The lowest BCUT2D eigenvalue weighted by atomic mass is 10.1. The van der Waals surface area contributed by atoms with Crippen molar-refractivity contribution in [1.29, 1.82) is 5.26 Å². The summed E-state index contributed by atoms with van der Waals surface area (Å²) in [4.78, 5) is 0. The molecule has 3 nitrogen and oxygen atoms in total. The van der Waals surface area contributed by atoms with E-state index in [0.717, 1.165) is 17.9 Å². The zero-order valence-corrected chi connectivity index (χ0v) is 8.50.